The molecule has 0 fully saturated rings. The minimum atomic E-state index is -4.78. The van der Waals surface area contributed by atoms with Gasteiger partial charge in [-0.2, -0.15) is 35.1 Å². The molecule has 2 aromatic rings. The molecule has 0 aliphatic heterocycles. The van der Waals surface area contributed by atoms with Crippen LogP contribution in [0, 0.1) is 0 Å². The molecule has 0 amide bonds. The third-order valence-electron chi connectivity index (χ3n) is 3.05. The Morgan fingerprint density at radius 3 is 1.67 bits per heavy atom. The van der Waals surface area contributed by atoms with E-state index in [2.05, 4.69) is 4.74 Å². The summed E-state index contributed by atoms with van der Waals surface area (Å²) in [5.74, 6) is -0.778. The van der Waals surface area contributed by atoms with E-state index in [9.17, 15) is 35.1 Å². The third-order valence-corrected chi connectivity index (χ3v) is 3.05. The lowest BCUT2D eigenvalue weighted by molar-refractivity contribution is -0.138. The monoisotopic (exact) mass is 356 g/mol. The van der Waals surface area contributed by atoms with E-state index in [1.165, 1.54) is 0 Å². The molecule has 130 valence electrons. The summed E-state index contributed by atoms with van der Waals surface area (Å²) in [5, 5.41) is 0. The van der Waals surface area contributed by atoms with Crippen molar-refractivity contribution in [2.45, 2.75) is 19.0 Å². The summed E-state index contributed by atoms with van der Waals surface area (Å²) in [7, 11) is 0. The van der Waals surface area contributed by atoms with Crippen LogP contribution in [0.15, 0.2) is 42.5 Å². The van der Waals surface area contributed by atoms with Gasteiger partial charge in [-0.25, -0.2) is 0 Å². The van der Waals surface area contributed by atoms with Crippen LogP contribution in [0.3, 0.4) is 0 Å². The van der Waals surface area contributed by atoms with Crippen molar-refractivity contribution < 1.29 is 39.9 Å². The van der Waals surface area contributed by atoms with Crippen molar-refractivity contribution in [3.63, 3.8) is 0 Å². The average Bonchev–Trinajstić information content (AvgIpc) is 2.45. The van der Waals surface area contributed by atoms with Gasteiger partial charge in [-0.15, -0.1) is 0 Å². The number of rotatable bonds is 3. The van der Waals surface area contributed by atoms with E-state index in [0.29, 0.717) is 24.3 Å². The van der Waals surface area contributed by atoms with Crippen LogP contribution in [0.1, 0.15) is 11.1 Å². The van der Waals surface area contributed by atoms with Crippen LogP contribution >= 0.6 is 0 Å². The Hall–Kier alpha value is -2.32. The van der Waals surface area contributed by atoms with Gasteiger partial charge in [0.1, 0.15) is 5.75 Å². The highest BCUT2D eigenvalue weighted by atomic mass is 19.4. The lowest BCUT2D eigenvalue weighted by Gasteiger charge is -2.15. The van der Waals surface area contributed by atoms with E-state index in [1.54, 1.807) is 0 Å². The van der Waals surface area contributed by atoms with Crippen molar-refractivity contribution in [2.24, 2.45) is 0 Å². The summed E-state index contributed by atoms with van der Waals surface area (Å²) in [4.78, 5) is 0. The van der Waals surface area contributed by atoms with Gasteiger partial charge in [0.2, 0.25) is 0 Å². The first-order chi connectivity index (χ1) is 11.0. The maximum atomic E-state index is 12.7. The van der Waals surface area contributed by atoms with Crippen LogP contribution in [0.25, 0.3) is 11.1 Å². The third kappa shape index (κ3) is 4.15. The Balaban J connectivity index is 2.48. The highest BCUT2D eigenvalue weighted by Crippen LogP contribution is 2.38. The number of benzene rings is 2. The topological polar surface area (TPSA) is 9.23 Å². The fraction of sp³-hybridized carbons (Fsp3) is 0.200. The number of alkyl halides is 8. The Labute approximate surface area is 130 Å². The van der Waals surface area contributed by atoms with E-state index in [1.807, 2.05) is 0 Å². The zero-order chi connectivity index (χ0) is 18.1. The minimum Gasteiger partial charge on any atom is -0.434 e. The van der Waals surface area contributed by atoms with E-state index >= 15 is 0 Å². The first-order valence-electron chi connectivity index (χ1n) is 6.32. The van der Waals surface area contributed by atoms with Crippen LogP contribution in [0.4, 0.5) is 35.1 Å². The van der Waals surface area contributed by atoms with Gasteiger partial charge in [-0.05, 0) is 29.8 Å². The zero-order valence-electron chi connectivity index (χ0n) is 11.6. The highest BCUT2D eigenvalue weighted by Gasteiger charge is 2.32. The molecule has 0 aromatic heterocycles. The van der Waals surface area contributed by atoms with Gasteiger partial charge in [-0.1, -0.05) is 18.2 Å². The second-order valence-electron chi connectivity index (χ2n) is 4.66. The summed E-state index contributed by atoms with van der Waals surface area (Å²) >= 11 is 0. The van der Waals surface area contributed by atoms with Crippen molar-refractivity contribution >= 4 is 0 Å². The molecule has 0 unspecified atom stereocenters. The predicted octanol–water partition coefficient (Wildman–Crippen LogP) is 5.99. The SMILES string of the molecule is FC(F)Oc1cc(C(F)(F)F)ccc1-c1ccc(C(F)(F)F)cc1. The molecule has 0 heterocycles. The molecule has 0 N–H and O–H groups in total. The van der Waals surface area contributed by atoms with Crippen LogP contribution in [0.2, 0.25) is 0 Å². The number of halogens is 8. The van der Waals surface area contributed by atoms with E-state index in [-0.39, 0.29) is 11.1 Å². The molecule has 0 aliphatic rings. The Morgan fingerprint density at radius 2 is 1.21 bits per heavy atom. The Morgan fingerprint density at radius 1 is 0.708 bits per heavy atom. The van der Waals surface area contributed by atoms with Gasteiger partial charge in [0, 0.05) is 5.56 Å². The maximum Gasteiger partial charge on any atom is 0.416 e. The van der Waals surface area contributed by atoms with E-state index in [0.717, 1.165) is 18.2 Å². The van der Waals surface area contributed by atoms with Crippen LogP contribution in [0.5, 0.6) is 5.75 Å². The summed E-state index contributed by atoms with van der Waals surface area (Å²) in [6.45, 7) is -3.39. The van der Waals surface area contributed by atoms with E-state index < -0.39 is 35.8 Å². The van der Waals surface area contributed by atoms with Crippen molar-refractivity contribution in [3.8, 4) is 16.9 Å². The zero-order valence-corrected chi connectivity index (χ0v) is 11.6. The first-order valence-corrected chi connectivity index (χ1v) is 6.32. The molecule has 9 heteroatoms. The molecule has 0 bridgehead atoms. The summed E-state index contributed by atoms with van der Waals surface area (Å²) in [5.41, 5.74) is -2.37. The fourth-order valence-electron chi connectivity index (χ4n) is 1.97. The molecule has 0 saturated carbocycles. The molecule has 0 aliphatic carbocycles. The summed E-state index contributed by atoms with van der Waals surface area (Å²) < 4.78 is 104. The van der Waals surface area contributed by atoms with Gasteiger partial charge < -0.3 is 4.74 Å². The molecular formula is C15H8F8O. The molecule has 0 spiro atoms. The normalized spacial score (nSPS) is 12.5. The molecule has 1 nitrogen and oxygen atoms in total. The lowest BCUT2D eigenvalue weighted by atomic mass is 10.0. The molecule has 0 atom stereocenters. The molecule has 0 radical (unpaired) electrons. The Kier molecular flexibility index (Phi) is 4.73. The fourth-order valence-corrected chi connectivity index (χ4v) is 1.97. The average molecular weight is 356 g/mol. The summed E-state index contributed by atoms with van der Waals surface area (Å²) in [6, 6.07) is 5.18. The smallest absolute Gasteiger partial charge is 0.416 e. The van der Waals surface area contributed by atoms with Crippen molar-refractivity contribution in [1.29, 1.82) is 0 Å². The highest BCUT2D eigenvalue weighted by molar-refractivity contribution is 5.71. The van der Waals surface area contributed by atoms with Crippen molar-refractivity contribution in [2.75, 3.05) is 0 Å². The number of hydrogen-bond donors (Lipinski definition) is 0. The standard InChI is InChI=1S/C15H8F8O/c16-13(17)24-12-7-10(15(21,22)23)5-6-11(12)8-1-3-9(4-2-8)14(18,19)20/h1-7,13H. The van der Waals surface area contributed by atoms with Gasteiger partial charge in [0.15, 0.2) is 0 Å². The predicted molar refractivity (Wildman–Crippen MR) is 68.5 cm³/mol. The van der Waals surface area contributed by atoms with Gasteiger partial charge in [0.25, 0.3) is 0 Å². The second kappa shape index (κ2) is 6.29. The van der Waals surface area contributed by atoms with Crippen LogP contribution < -0.4 is 4.74 Å². The van der Waals surface area contributed by atoms with Crippen molar-refractivity contribution in [1.82, 2.24) is 0 Å². The number of hydrogen-bond acceptors (Lipinski definition) is 1. The molecule has 2 aromatic carbocycles. The molecule has 2 rings (SSSR count). The summed E-state index contributed by atoms with van der Waals surface area (Å²) in [6.07, 6.45) is -9.38. The quantitative estimate of drug-likeness (QED) is 0.614. The van der Waals surface area contributed by atoms with Crippen LogP contribution in [-0.4, -0.2) is 6.61 Å². The first kappa shape index (κ1) is 18.0. The lowest BCUT2D eigenvalue weighted by Crippen LogP contribution is -2.08. The second-order valence-corrected chi connectivity index (χ2v) is 4.66. The molecule has 24 heavy (non-hydrogen) atoms. The minimum absolute atomic E-state index is 0.00683. The largest absolute Gasteiger partial charge is 0.434 e. The molecule has 0 saturated heterocycles. The maximum absolute atomic E-state index is 12.7. The van der Waals surface area contributed by atoms with Crippen molar-refractivity contribution in [3.05, 3.63) is 53.6 Å². The van der Waals surface area contributed by atoms with Gasteiger partial charge in [0.05, 0.1) is 11.1 Å². The van der Waals surface area contributed by atoms with E-state index in [4.69, 9.17) is 0 Å². The number of ether oxygens (including phenoxy) is 1. The van der Waals surface area contributed by atoms with Gasteiger partial charge >= 0.3 is 19.0 Å². The molecular weight excluding hydrogens is 348 g/mol. The van der Waals surface area contributed by atoms with Crippen LogP contribution in [-0.2, 0) is 12.4 Å². The van der Waals surface area contributed by atoms with Gasteiger partial charge in [-0.3, -0.25) is 0 Å². The Bertz CT molecular complexity index is 701.